The van der Waals surface area contributed by atoms with Crippen molar-refractivity contribution >= 4 is 18.6 Å². The van der Waals surface area contributed by atoms with Crippen LogP contribution in [-0.4, -0.2) is 11.4 Å². The smallest absolute Gasteiger partial charge is 0.208 e. The molecule has 1 atom stereocenters. The summed E-state index contributed by atoms with van der Waals surface area (Å²) >= 11 is 0. The Kier molecular flexibility index (Phi) is 2.97. The third kappa shape index (κ3) is 1.80. The van der Waals surface area contributed by atoms with Gasteiger partial charge in [0.05, 0.1) is 6.07 Å². The highest BCUT2D eigenvalue weighted by molar-refractivity contribution is 5.50. The van der Waals surface area contributed by atoms with Crippen molar-refractivity contribution in [3.8, 4) is 6.07 Å². The maximum atomic E-state index is 10.4. The number of carbonyl (C=O) groups excluding carboxylic acids is 1. The number of rotatable bonds is 3. The lowest BCUT2D eigenvalue weighted by Crippen LogP contribution is -2.35. The minimum Gasteiger partial charge on any atom is -0.339 e. The van der Waals surface area contributed by atoms with E-state index in [2.05, 4.69) is 28.5 Å². The van der Waals surface area contributed by atoms with Crippen LogP contribution in [0, 0.1) is 11.3 Å². The van der Waals surface area contributed by atoms with Gasteiger partial charge in [0.1, 0.15) is 6.04 Å². The van der Waals surface area contributed by atoms with Crippen LogP contribution in [0.4, 0.5) is 0 Å². The number of nitriles is 1. The van der Waals surface area contributed by atoms with Crippen molar-refractivity contribution in [1.82, 2.24) is 10.3 Å². The van der Waals surface area contributed by atoms with E-state index in [9.17, 15) is 4.79 Å². The number of hydrogen-bond acceptors (Lipinski definition) is 3. The van der Waals surface area contributed by atoms with Crippen LogP contribution < -0.4 is 15.8 Å². The summed E-state index contributed by atoms with van der Waals surface area (Å²) in [4.78, 5) is 14.5. The molecule has 1 amide bonds. The highest BCUT2D eigenvalue weighted by Gasteiger charge is 2.12. The molecule has 0 fully saturated rings. The fraction of sp³-hybridized carbons (Fsp3) is 0.250. The second-order valence-corrected chi connectivity index (χ2v) is 3.56. The Bertz CT molecular complexity index is 557. The van der Waals surface area contributed by atoms with Crippen LogP contribution >= 0.6 is 0 Å². The molecule has 1 unspecified atom stereocenters. The minimum atomic E-state index is -0.623. The Morgan fingerprint density at radius 1 is 1.44 bits per heavy atom. The van der Waals surface area contributed by atoms with E-state index in [1.807, 2.05) is 0 Å². The maximum absolute atomic E-state index is 10.4. The van der Waals surface area contributed by atoms with E-state index in [0.717, 1.165) is 28.8 Å². The summed E-state index contributed by atoms with van der Waals surface area (Å²) in [5.41, 5.74) is 0.767. The minimum absolute atomic E-state index is 0.541. The molecule has 1 N–H and O–H groups in total. The monoisotopic (exact) mass is 213 g/mol. The van der Waals surface area contributed by atoms with Gasteiger partial charge in [-0.05, 0) is 23.3 Å². The molecule has 0 aromatic carbocycles. The predicted octanol–water partition coefficient (Wildman–Crippen LogP) is -0.253. The Morgan fingerprint density at radius 2 is 2.25 bits per heavy atom. The fourth-order valence-electron chi connectivity index (χ4n) is 1.86. The first kappa shape index (κ1) is 10.4. The molecule has 0 spiro atoms. The normalized spacial score (nSPS) is 14.7. The molecule has 4 nitrogen and oxygen atoms in total. The molecule has 0 saturated carbocycles. The Hall–Kier alpha value is -2.15. The summed E-state index contributed by atoms with van der Waals surface area (Å²) in [6.45, 7) is 0. The van der Waals surface area contributed by atoms with Crippen LogP contribution in [0.3, 0.4) is 0 Å². The first-order valence-electron chi connectivity index (χ1n) is 5.10. The highest BCUT2D eigenvalue weighted by atomic mass is 16.1. The SMILES string of the molecule is N#CC(NC=O)c1cncc2c1=CCCC=2. The topological polar surface area (TPSA) is 65.8 Å². The van der Waals surface area contributed by atoms with Crippen molar-refractivity contribution in [1.29, 1.82) is 5.26 Å². The number of nitrogens with zero attached hydrogens (tertiary/aromatic N) is 2. The summed E-state index contributed by atoms with van der Waals surface area (Å²) in [5, 5.41) is 13.5. The number of pyridine rings is 1. The van der Waals surface area contributed by atoms with Crippen LogP contribution in [0.25, 0.3) is 12.2 Å². The first-order valence-corrected chi connectivity index (χ1v) is 5.10. The van der Waals surface area contributed by atoms with Crippen molar-refractivity contribution in [2.75, 3.05) is 0 Å². The van der Waals surface area contributed by atoms with E-state index in [-0.39, 0.29) is 0 Å². The molecule has 0 aliphatic heterocycles. The highest BCUT2D eigenvalue weighted by Crippen LogP contribution is 2.05. The van der Waals surface area contributed by atoms with Gasteiger partial charge in [0.15, 0.2) is 0 Å². The van der Waals surface area contributed by atoms with E-state index in [0.29, 0.717) is 6.41 Å². The van der Waals surface area contributed by atoms with Gasteiger partial charge in [0.2, 0.25) is 6.41 Å². The molecular weight excluding hydrogens is 202 g/mol. The fourth-order valence-corrected chi connectivity index (χ4v) is 1.86. The Balaban J connectivity index is 2.59. The molecule has 0 bridgehead atoms. The van der Waals surface area contributed by atoms with Crippen molar-refractivity contribution in [3.63, 3.8) is 0 Å². The van der Waals surface area contributed by atoms with Gasteiger partial charge in [-0.1, -0.05) is 12.2 Å². The van der Waals surface area contributed by atoms with E-state index in [4.69, 9.17) is 5.26 Å². The van der Waals surface area contributed by atoms with E-state index in [1.54, 1.807) is 12.4 Å². The van der Waals surface area contributed by atoms with Crippen LogP contribution in [0.2, 0.25) is 0 Å². The molecule has 4 heteroatoms. The number of fused-ring (bicyclic) bond motifs is 1. The largest absolute Gasteiger partial charge is 0.339 e. The van der Waals surface area contributed by atoms with Crippen molar-refractivity contribution in [3.05, 3.63) is 28.4 Å². The average molecular weight is 213 g/mol. The lowest BCUT2D eigenvalue weighted by atomic mass is 10.0. The molecule has 1 aliphatic rings. The number of hydrogen-bond donors (Lipinski definition) is 1. The summed E-state index contributed by atoms with van der Waals surface area (Å²) in [7, 11) is 0. The van der Waals surface area contributed by atoms with Crippen molar-refractivity contribution in [2.24, 2.45) is 0 Å². The summed E-state index contributed by atoms with van der Waals surface area (Å²) in [6.07, 6.45) is 10.1. The number of amides is 1. The van der Waals surface area contributed by atoms with Gasteiger partial charge >= 0.3 is 0 Å². The standard InChI is InChI=1S/C12H11N3O/c13-5-12(15-8-16)11-7-14-6-9-3-1-2-4-10(9)11/h3-4,6-8,12H,1-2H2,(H,15,16). The van der Waals surface area contributed by atoms with Gasteiger partial charge in [-0.25, -0.2) is 0 Å². The van der Waals surface area contributed by atoms with Gasteiger partial charge in [0.25, 0.3) is 0 Å². The molecule has 0 radical (unpaired) electrons. The zero-order chi connectivity index (χ0) is 11.4. The quantitative estimate of drug-likeness (QED) is 0.704. The molecule has 16 heavy (non-hydrogen) atoms. The molecule has 2 rings (SSSR count). The molecule has 1 aromatic heterocycles. The maximum Gasteiger partial charge on any atom is 0.208 e. The third-order valence-electron chi connectivity index (χ3n) is 2.60. The van der Waals surface area contributed by atoms with Crippen LogP contribution in [0.15, 0.2) is 12.4 Å². The van der Waals surface area contributed by atoms with Crippen LogP contribution in [-0.2, 0) is 4.79 Å². The summed E-state index contributed by atoms with van der Waals surface area (Å²) < 4.78 is 0. The Labute approximate surface area is 92.9 Å². The van der Waals surface area contributed by atoms with Gasteiger partial charge in [-0.2, -0.15) is 5.26 Å². The lowest BCUT2D eigenvalue weighted by molar-refractivity contribution is -0.109. The number of aromatic nitrogens is 1. The summed E-state index contributed by atoms with van der Waals surface area (Å²) in [5.74, 6) is 0. The van der Waals surface area contributed by atoms with Gasteiger partial charge < -0.3 is 5.32 Å². The molecule has 1 aliphatic carbocycles. The van der Waals surface area contributed by atoms with Crippen LogP contribution in [0.5, 0.6) is 0 Å². The Morgan fingerprint density at radius 3 is 3.00 bits per heavy atom. The van der Waals surface area contributed by atoms with Gasteiger partial charge in [-0.3, -0.25) is 9.78 Å². The second-order valence-electron chi connectivity index (χ2n) is 3.56. The van der Waals surface area contributed by atoms with Gasteiger partial charge in [0, 0.05) is 18.0 Å². The molecule has 1 aromatic rings. The predicted molar refractivity (Wildman–Crippen MR) is 59.2 cm³/mol. The second kappa shape index (κ2) is 4.58. The summed E-state index contributed by atoms with van der Waals surface area (Å²) in [6, 6.07) is 1.43. The van der Waals surface area contributed by atoms with E-state index >= 15 is 0 Å². The average Bonchev–Trinajstić information content (AvgIpc) is 2.35. The number of nitrogens with one attached hydrogen (secondary N) is 1. The van der Waals surface area contributed by atoms with Gasteiger partial charge in [-0.15, -0.1) is 0 Å². The molecule has 80 valence electrons. The molecule has 0 saturated heterocycles. The zero-order valence-corrected chi connectivity index (χ0v) is 8.68. The van der Waals surface area contributed by atoms with Crippen molar-refractivity contribution < 1.29 is 4.79 Å². The number of carbonyl (C=O) groups is 1. The van der Waals surface area contributed by atoms with Crippen molar-refractivity contribution in [2.45, 2.75) is 18.9 Å². The molecular formula is C12H11N3O. The van der Waals surface area contributed by atoms with E-state index < -0.39 is 6.04 Å². The van der Waals surface area contributed by atoms with E-state index in [1.165, 1.54) is 0 Å². The zero-order valence-electron chi connectivity index (χ0n) is 8.68. The van der Waals surface area contributed by atoms with Crippen LogP contribution in [0.1, 0.15) is 24.4 Å². The lowest BCUT2D eigenvalue weighted by Gasteiger charge is -2.10. The first-order chi connectivity index (χ1) is 7.86. The third-order valence-corrected chi connectivity index (χ3v) is 2.60. The molecule has 1 heterocycles.